The summed E-state index contributed by atoms with van der Waals surface area (Å²) >= 11 is 1.79. The van der Waals surface area contributed by atoms with Gasteiger partial charge in [-0.15, -0.1) is 11.3 Å². The van der Waals surface area contributed by atoms with Gasteiger partial charge in [0.25, 0.3) is 0 Å². The minimum Gasteiger partial charge on any atom is -0.457 e. The highest BCUT2D eigenvalue weighted by atomic mass is 32.1. The second-order valence-corrected chi connectivity index (χ2v) is 7.65. The molecule has 5 rings (SSSR count). The molecule has 126 valence electrons. The smallest absolute Gasteiger partial charge is 0.127 e. The number of ether oxygens (including phenoxy) is 1. The SMILES string of the molecule is Cc1cccc(Oc2ccc3c(c2)Cc2sc(-c4ccccc4)nc2-3)c1. The Bertz CT molecular complexity index is 1100. The van der Waals surface area contributed by atoms with Crippen molar-refractivity contribution in [3.8, 4) is 33.3 Å². The molecule has 2 nitrogen and oxygen atoms in total. The fourth-order valence-electron chi connectivity index (χ4n) is 3.38. The van der Waals surface area contributed by atoms with Crippen molar-refractivity contribution in [1.82, 2.24) is 4.98 Å². The molecule has 0 radical (unpaired) electrons. The van der Waals surface area contributed by atoms with Gasteiger partial charge in [0, 0.05) is 22.4 Å². The van der Waals surface area contributed by atoms with Gasteiger partial charge in [0.05, 0.1) is 5.69 Å². The molecule has 1 aliphatic carbocycles. The lowest BCUT2D eigenvalue weighted by atomic mass is 10.1. The molecule has 0 aliphatic heterocycles. The molecule has 0 unspecified atom stereocenters. The van der Waals surface area contributed by atoms with Crippen LogP contribution in [-0.2, 0) is 6.42 Å². The molecule has 0 saturated carbocycles. The number of nitrogens with zero attached hydrogens (tertiary/aromatic N) is 1. The van der Waals surface area contributed by atoms with Crippen molar-refractivity contribution in [3.05, 3.63) is 88.8 Å². The third kappa shape index (κ3) is 2.71. The zero-order chi connectivity index (χ0) is 17.5. The maximum Gasteiger partial charge on any atom is 0.127 e. The average molecular weight is 355 g/mol. The van der Waals surface area contributed by atoms with Gasteiger partial charge in [-0.1, -0.05) is 42.5 Å². The quantitative estimate of drug-likeness (QED) is 0.369. The van der Waals surface area contributed by atoms with Crippen molar-refractivity contribution in [2.45, 2.75) is 13.3 Å². The molecule has 0 atom stereocenters. The van der Waals surface area contributed by atoms with E-state index in [1.807, 2.05) is 24.3 Å². The summed E-state index contributed by atoms with van der Waals surface area (Å²) in [5.41, 5.74) is 6.04. The van der Waals surface area contributed by atoms with E-state index in [4.69, 9.17) is 9.72 Å². The highest BCUT2D eigenvalue weighted by Crippen LogP contribution is 2.43. The molecular formula is C23H17NOS. The Morgan fingerprint density at radius 1 is 0.885 bits per heavy atom. The molecular weight excluding hydrogens is 338 g/mol. The molecule has 0 fully saturated rings. The minimum absolute atomic E-state index is 0.877. The van der Waals surface area contributed by atoms with E-state index in [0.29, 0.717) is 0 Å². The van der Waals surface area contributed by atoms with Crippen LogP contribution < -0.4 is 4.74 Å². The third-order valence-corrected chi connectivity index (χ3v) is 5.73. The van der Waals surface area contributed by atoms with Crippen LogP contribution in [0.1, 0.15) is 16.0 Å². The number of thiazole rings is 1. The Morgan fingerprint density at radius 3 is 2.58 bits per heavy atom. The van der Waals surface area contributed by atoms with Gasteiger partial charge in [-0.25, -0.2) is 4.98 Å². The average Bonchev–Trinajstić information content (AvgIpc) is 3.20. The van der Waals surface area contributed by atoms with Crippen molar-refractivity contribution in [2.75, 3.05) is 0 Å². The number of benzene rings is 3. The van der Waals surface area contributed by atoms with E-state index in [9.17, 15) is 0 Å². The van der Waals surface area contributed by atoms with Crippen LogP contribution >= 0.6 is 11.3 Å². The second kappa shape index (κ2) is 6.11. The Kier molecular flexibility index (Phi) is 3.61. The van der Waals surface area contributed by atoms with E-state index in [1.54, 1.807) is 11.3 Å². The van der Waals surface area contributed by atoms with Gasteiger partial charge in [0.1, 0.15) is 16.5 Å². The first-order valence-corrected chi connectivity index (χ1v) is 9.51. The Morgan fingerprint density at radius 2 is 1.73 bits per heavy atom. The molecule has 3 heteroatoms. The van der Waals surface area contributed by atoms with Crippen molar-refractivity contribution < 1.29 is 4.74 Å². The van der Waals surface area contributed by atoms with Crippen molar-refractivity contribution >= 4 is 11.3 Å². The van der Waals surface area contributed by atoms with Crippen molar-refractivity contribution in [1.29, 1.82) is 0 Å². The van der Waals surface area contributed by atoms with Gasteiger partial charge < -0.3 is 4.74 Å². The van der Waals surface area contributed by atoms with Gasteiger partial charge >= 0.3 is 0 Å². The van der Waals surface area contributed by atoms with Crippen molar-refractivity contribution in [2.24, 2.45) is 0 Å². The number of aryl methyl sites for hydroxylation is 1. The molecule has 1 aliphatic rings. The van der Waals surface area contributed by atoms with E-state index in [1.165, 1.54) is 27.1 Å². The van der Waals surface area contributed by atoms with E-state index < -0.39 is 0 Å². The van der Waals surface area contributed by atoms with Gasteiger partial charge in [0.15, 0.2) is 0 Å². The molecule has 1 aromatic heterocycles. The molecule has 0 bridgehead atoms. The van der Waals surface area contributed by atoms with Gasteiger partial charge in [-0.2, -0.15) is 0 Å². The molecule has 0 N–H and O–H groups in total. The summed E-state index contributed by atoms with van der Waals surface area (Å²) in [4.78, 5) is 6.24. The zero-order valence-electron chi connectivity index (χ0n) is 14.4. The van der Waals surface area contributed by atoms with Crippen LogP contribution in [-0.4, -0.2) is 4.98 Å². The summed E-state index contributed by atoms with van der Waals surface area (Å²) in [6.07, 6.45) is 0.931. The number of hydrogen-bond donors (Lipinski definition) is 0. The Hall–Kier alpha value is -2.91. The molecule has 26 heavy (non-hydrogen) atoms. The fourth-order valence-corrected chi connectivity index (χ4v) is 4.49. The largest absolute Gasteiger partial charge is 0.457 e. The maximum atomic E-state index is 6.04. The van der Waals surface area contributed by atoms with Crippen LogP contribution in [0.15, 0.2) is 72.8 Å². The Balaban J connectivity index is 1.45. The van der Waals surface area contributed by atoms with Crippen LogP contribution in [0.2, 0.25) is 0 Å². The van der Waals surface area contributed by atoms with E-state index in [-0.39, 0.29) is 0 Å². The lowest BCUT2D eigenvalue weighted by molar-refractivity contribution is 0.482. The van der Waals surface area contributed by atoms with Crippen molar-refractivity contribution in [3.63, 3.8) is 0 Å². The third-order valence-electron chi connectivity index (χ3n) is 4.63. The number of hydrogen-bond acceptors (Lipinski definition) is 3. The molecule has 4 aromatic rings. The van der Waals surface area contributed by atoms with Crippen LogP contribution in [0, 0.1) is 6.92 Å². The predicted octanol–water partition coefficient (Wildman–Crippen LogP) is 6.48. The van der Waals surface area contributed by atoms with E-state index in [2.05, 4.69) is 55.5 Å². The maximum absolute atomic E-state index is 6.04. The second-order valence-electron chi connectivity index (χ2n) is 6.57. The van der Waals surface area contributed by atoms with Crippen LogP contribution in [0.5, 0.6) is 11.5 Å². The summed E-state index contributed by atoms with van der Waals surface area (Å²) in [5.74, 6) is 1.76. The fraction of sp³-hybridized carbons (Fsp3) is 0.0870. The molecule has 0 amide bonds. The first-order chi connectivity index (χ1) is 12.8. The normalized spacial score (nSPS) is 11.9. The topological polar surface area (TPSA) is 22.1 Å². The molecule has 3 aromatic carbocycles. The monoisotopic (exact) mass is 355 g/mol. The number of rotatable bonds is 3. The Labute approximate surface area is 156 Å². The van der Waals surface area contributed by atoms with Crippen LogP contribution in [0.25, 0.3) is 21.8 Å². The number of aromatic nitrogens is 1. The molecule has 0 saturated heterocycles. The standard InChI is InChI=1S/C23H17NOS/c1-15-6-5-9-18(12-15)25-19-10-11-20-17(13-19)14-21-22(20)24-23(26-21)16-7-3-2-4-8-16/h2-13H,14H2,1H3. The first kappa shape index (κ1) is 15.4. The number of fused-ring (bicyclic) bond motifs is 3. The lowest BCUT2D eigenvalue weighted by Crippen LogP contribution is -1.88. The summed E-state index contributed by atoms with van der Waals surface area (Å²) in [6, 6.07) is 24.9. The molecule has 1 heterocycles. The van der Waals surface area contributed by atoms with E-state index >= 15 is 0 Å². The van der Waals surface area contributed by atoms with Crippen LogP contribution in [0.4, 0.5) is 0 Å². The summed E-state index contributed by atoms with van der Waals surface area (Å²) < 4.78 is 6.04. The lowest BCUT2D eigenvalue weighted by Gasteiger charge is -2.08. The summed E-state index contributed by atoms with van der Waals surface area (Å²) in [5, 5.41) is 1.10. The highest BCUT2D eigenvalue weighted by molar-refractivity contribution is 7.15. The minimum atomic E-state index is 0.877. The van der Waals surface area contributed by atoms with E-state index in [0.717, 1.165) is 28.6 Å². The van der Waals surface area contributed by atoms with Gasteiger partial charge in [-0.05, 0) is 48.4 Å². The zero-order valence-corrected chi connectivity index (χ0v) is 15.2. The predicted molar refractivity (Wildman–Crippen MR) is 107 cm³/mol. The first-order valence-electron chi connectivity index (χ1n) is 8.69. The highest BCUT2D eigenvalue weighted by Gasteiger charge is 2.24. The molecule has 0 spiro atoms. The van der Waals surface area contributed by atoms with Crippen LogP contribution in [0.3, 0.4) is 0 Å². The van der Waals surface area contributed by atoms with Gasteiger partial charge in [-0.3, -0.25) is 0 Å². The van der Waals surface area contributed by atoms with Gasteiger partial charge in [0.2, 0.25) is 0 Å². The summed E-state index contributed by atoms with van der Waals surface area (Å²) in [7, 11) is 0. The summed E-state index contributed by atoms with van der Waals surface area (Å²) in [6.45, 7) is 2.07.